The zero-order valence-electron chi connectivity index (χ0n) is 13.4. The molecule has 3 rings (SSSR count). The van der Waals surface area contributed by atoms with Crippen LogP contribution in [0.25, 0.3) is 0 Å². The van der Waals surface area contributed by atoms with E-state index in [1.165, 1.54) is 24.2 Å². The Morgan fingerprint density at radius 1 is 1.40 bits per heavy atom. The van der Waals surface area contributed by atoms with Gasteiger partial charge in [-0.05, 0) is 36.8 Å². The Morgan fingerprint density at radius 3 is 3.04 bits per heavy atom. The molecule has 1 atom stereocenters. The van der Waals surface area contributed by atoms with Crippen LogP contribution in [0.15, 0.2) is 57.3 Å². The van der Waals surface area contributed by atoms with Crippen LogP contribution in [0.1, 0.15) is 17.7 Å². The fourth-order valence-electron chi connectivity index (χ4n) is 2.19. The Labute approximate surface area is 148 Å². The van der Waals surface area contributed by atoms with Crippen LogP contribution >= 0.6 is 11.8 Å². The van der Waals surface area contributed by atoms with Crippen molar-refractivity contribution < 1.29 is 14.0 Å². The molecule has 2 heterocycles. The number of hydrogen-bond donors (Lipinski definition) is 2. The van der Waals surface area contributed by atoms with E-state index in [0.29, 0.717) is 11.4 Å². The Morgan fingerprint density at radius 2 is 2.28 bits per heavy atom. The predicted molar refractivity (Wildman–Crippen MR) is 97.7 cm³/mol. The quantitative estimate of drug-likeness (QED) is 0.650. The second kappa shape index (κ2) is 7.80. The Bertz CT molecular complexity index is 830. The van der Waals surface area contributed by atoms with Gasteiger partial charge >= 0.3 is 0 Å². The van der Waals surface area contributed by atoms with Gasteiger partial charge in [0.05, 0.1) is 12.5 Å². The first-order valence-electron chi connectivity index (χ1n) is 7.59. The minimum atomic E-state index is -0.563. The molecule has 0 spiro atoms. The third-order valence-electron chi connectivity index (χ3n) is 3.33. The SMILES string of the molecule is Cc1cccc(NC(=O)[C@@H]2CC(=O)NC(=N/N=C/c3ccco3)S2)c1. The van der Waals surface area contributed by atoms with Crippen molar-refractivity contribution >= 4 is 40.6 Å². The summed E-state index contributed by atoms with van der Waals surface area (Å²) in [4.78, 5) is 24.2. The molecule has 0 aliphatic carbocycles. The molecule has 0 saturated carbocycles. The summed E-state index contributed by atoms with van der Waals surface area (Å²) in [5.41, 5.74) is 1.74. The number of aryl methyl sites for hydroxylation is 1. The average Bonchev–Trinajstić information content (AvgIpc) is 3.08. The lowest BCUT2D eigenvalue weighted by atomic mass is 10.2. The summed E-state index contributed by atoms with van der Waals surface area (Å²) >= 11 is 1.17. The number of amidine groups is 1. The van der Waals surface area contributed by atoms with Gasteiger partial charge in [0.1, 0.15) is 11.0 Å². The van der Waals surface area contributed by atoms with Gasteiger partial charge in [0.25, 0.3) is 0 Å². The molecule has 0 radical (unpaired) electrons. The van der Waals surface area contributed by atoms with Gasteiger partial charge in [-0.1, -0.05) is 23.9 Å². The van der Waals surface area contributed by atoms with Gasteiger partial charge in [-0.3, -0.25) is 9.59 Å². The molecule has 8 heteroatoms. The first-order chi connectivity index (χ1) is 12.1. The lowest BCUT2D eigenvalue weighted by Crippen LogP contribution is -2.41. The fourth-order valence-corrected chi connectivity index (χ4v) is 3.13. The molecule has 7 nitrogen and oxygen atoms in total. The third kappa shape index (κ3) is 4.80. The highest BCUT2D eigenvalue weighted by atomic mass is 32.2. The van der Waals surface area contributed by atoms with E-state index in [4.69, 9.17) is 4.42 Å². The number of rotatable bonds is 4. The van der Waals surface area contributed by atoms with E-state index < -0.39 is 5.25 Å². The van der Waals surface area contributed by atoms with E-state index in [-0.39, 0.29) is 23.4 Å². The van der Waals surface area contributed by atoms with E-state index in [0.717, 1.165) is 5.56 Å². The van der Waals surface area contributed by atoms with Gasteiger partial charge in [-0.2, -0.15) is 5.10 Å². The van der Waals surface area contributed by atoms with Crippen molar-refractivity contribution in [1.29, 1.82) is 0 Å². The number of carbonyl (C=O) groups is 2. The molecule has 2 N–H and O–H groups in total. The first-order valence-corrected chi connectivity index (χ1v) is 8.47. The molecular formula is C17H16N4O3S. The minimum absolute atomic E-state index is 0.0865. The topological polar surface area (TPSA) is 96.1 Å². The van der Waals surface area contributed by atoms with Gasteiger partial charge in [0.2, 0.25) is 11.8 Å². The van der Waals surface area contributed by atoms with Crippen LogP contribution in [0, 0.1) is 6.92 Å². The van der Waals surface area contributed by atoms with Crippen LogP contribution in [0.2, 0.25) is 0 Å². The lowest BCUT2D eigenvalue weighted by Gasteiger charge is -2.21. The summed E-state index contributed by atoms with van der Waals surface area (Å²) in [5.74, 6) is 0.0356. The second-order valence-corrected chi connectivity index (χ2v) is 6.57. The molecule has 2 aromatic rings. The molecule has 1 saturated heterocycles. The van der Waals surface area contributed by atoms with Crippen molar-refractivity contribution in [3.63, 3.8) is 0 Å². The number of benzene rings is 1. The van der Waals surface area contributed by atoms with Crippen LogP contribution in [-0.4, -0.2) is 28.4 Å². The minimum Gasteiger partial charge on any atom is -0.463 e. The van der Waals surface area contributed by atoms with Crippen LogP contribution in [-0.2, 0) is 9.59 Å². The van der Waals surface area contributed by atoms with Crippen molar-refractivity contribution in [2.45, 2.75) is 18.6 Å². The first kappa shape index (κ1) is 17.0. The van der Waals surface area contributed by atoms with E-state index in [1.54, 1.807) is 18.2 Å². The zero-order valence-corrected chi connectivity index (χ0v) is 14.2. The molecule has 1 aliphatic rings. The number of nitrogens with zero attached hydrogens (tertiary/aromatic N) is 2. The number of hydrogen-bond acceptors (Lipinski definition) is 6. The summed E-state index contributed by atoms with van der Waals surface area (Å²) in [6.07, 6.45) is 3.04. The van der Waals surface area contributed by atoms with Crippen molar-refractivity contribution in [2.75, 3.05) is 5.32 Å². The van der Waals surface area contributed by atoms with E-state index in [9.17, 15) is 9.59 Å². The molecule has 1 aromatic carbocycles. The summed E-state index contributed by atoms with van der Waals surface area (Å²) in [6.45, 7) is 1.94. The van der Waals surface area contributed by atoms with Gasteiger partial charge in [0, 0.05) is 12.1 Å². The van der Waals surface area contributed by atoms with Crippen molar-refractivity contribution in [2.24, 2.45) is 10.2 Å². The van der Waals surface area contributed by atoms with Crippen LogP contribution < -0.4 is 10.6 Å². The predicted octanol–water partition coefficient (Wildman–Crippen LogP) is 2.54. The highest BCUT2D eigenvalue weighted by molar-refractivity contribution is 8.15. The largest absolute Gasteiger partial charge is 0.463 e. The highest BCUT2D eigenvalue weighted by Crippen LogP contribution is 2.22. The lowest BCUT2D eigenvalue weighted by molar-refractivity contribution is -0.123. The maximum absolute atomic E-state index is 12.4. The van der Waals surface area contributed by atoms with Gasteiger partial charge < -0.3 is 15.1 Å². The number of carbonyl (C=O) groups excluding carboxylic acids is 2. The molecular weight excluding hydrogens is 340 g/mol. The maximum Gasteiger partial charge on any atom is 0.238 e. The molecule has 1 fully saturated rings. The van der Waals surface area contributed by atoms with Crippen molar-refractivity contribution in [1.82, 2.24) is 5.32 Å². The Balaban J connectivity index is 1.65. The molecule has 1 aliphatic heterocycles. The molecule has 25 heavy (non-hydrogen) atoms. The van der Waals surface area contributed by atoms with Crippen LogP contribution in [0.4, 0.5) is 5.69 Å². The smallest absolute Gasteiger partial charge is 0.238 e. The van der Waals surface area contributed by atoms with Gasteiger partial charge in [-0.25, -0.2) is 0 Å². The standard InChI is InChI=1S/C17H16N4O3S/c1-11-4-2-5-12(8-11)19-16(23)14-9-15(22)20-17(25-14)21-18-10-13-6-3-7-24-13/h2-8,10,14H,9H2,1H3,(H,19,23)(H,20,21,22)/b18-10+/t14-/m0/s1. The summed E-state index contributed by atoms with van der Waals surface area (Å²) in [5, 5.41) is 12.9. The number of thioether (sulfide) groups is 1. The number of nitrogens with one attached hydrogen (secondary N) is 2. The maximum atomic E-state index is 12.4. The monoisotopic (exact) mass is 356 g/mol. The molecule has 1 aromatic heterocycles. The zero-order chi connectivity index (χ0) is 17.6. The molecule has 0 bridgehead atoms. The summed E-state index contributed by atoms with van der Waals surface area (Å²) < 4.78 is 5.10. The average molecular weight is 356 g/mol. The normalized spacial score (nSPS) is 19.2. The number of furan rings is 1. The fraction of sp³-hybridized carbons (Fsp3) is 0.176. The van der Waals surface area contributed by atoms with Crippen LogP contribution in [0.5, 0.6) is 0 Å². The summed E-state index contributed by atoms with van der Waals surface area (Å²) in [7, 11) is 0. The summed E-state index contributed by atoms with van der Waals surface area (Å²) in [6, 6.07) is 10.9. The molecule has 2 amide bonds. The van der Waals surface area contributed by atoms with Gasteiger partial charge in [-0.15, -0.1) is 5.10 Å². The molecule has 128 valence electrons. The Kier molecular flexibility index (Phi) is 5.30. The number of amides is 2. The van der Waals surface area contributed by atoms with Crippen molar-refractivity contribution in [3.8, 4) is 0 Å². The van der Waals surface area contributed by atoms with Crippen molar-refractivity contribution in [3.05, 3.63) is 54.0 Å². The third-order valence-corrected chi connectivity index (χ3v) is 4.40. The van der Waals surface area contributed by atoms with E-state index in [2.05, 4.69) is 20.8 Å². The van der Waals surface area contributed by atoms with Crippen LogP contribution in [0.3, 0.4) is 0 Å². The second-order valence-electron chi connectivity index (χ2n) is 5.38. The van der Waals surface area contributed by atoms with E-state index in [1.807, 2.05) is 25.1 Å². The number of anilines is 1. The molecule has 0 unspecified atom stereocenters. The highest BCUT2D eigenvalue weighted by Gasteiger charge is 2.30. The van der Waals surface area contributed by atoms with E-state index >= 15 is 0 Å². The van der Waals surface area contributed by atoms with Gasteiger partial charge in [0.15, 0.2) is 5.17 Å². The Hall–Kier alpha value is -2.87.